The molecule has 0 spiro atoms. The monoisotopic (exact) mass is 306 g/mol. The Hall–Kier alpha value is -2.28. The lowest BCUT2D eigenvalue weighted by Crippen LogP contribution is -2.10. The molecule has 0 atom stereocenters. The van der Waals surface area contributed by atoms with Crippen LogP contribution in [0, 0.1) is 0 Å². The normalized spacial score (nSPS) is 11.3. The van der Waals surface area contributed by atoms with Gasteiger partial charge in [0.15, 0.2) is 9.84 Å². The molecule has 110 valence electrons. The molecule has 0 amide bonds. The van der Waals surface area contributed by atoms with Crippen molar-refractivity contribution in [3.05, 3.63) is 53.6 Å². The van der Waals surface area contributed by atoms with Gasteiger partial charge in [-0.25, -0.2) is 23.2 Å². The van der Waals surface area contributed by atoms with E-state index in [0.29, 0.717) is 12.0 Å². The Bertz CT molecular complexity index is 758. The second-order valence-electron chi connectivity index (χ2n) is 4.40. The molecule has 0 radical (unpaired) electrons. The van der Waals surface area contributed by atoms with E-state index in [-0.39, 0.29) is 22.0 Å². The van der Waals surface area contributed by atoms with Gasteiger partial charge in [0.2, 0.25) is 0 Å². The van der Waals surface area contributed by atoms with Gasteiger partial charge in [-0.3, -0.25) is 0 Å². The number of carbonyl (C=O) groups is 1. The molecule has 21 heavy (non-hydrogen) atoms. The number of aromatic carboxylic acids is 1. The highest BCUT2D eigenvalue weighted by molar-refractivity contribution is 7.90. The molecule has 0 saturated carbocycles. The summed E-state index contributed by atoms with van der Waals surface area (Å²) in [4.78, 5) is 18.9. The van der Waals surface area contributed by atoms with Crippen LogP contribution in [0.2, 0.25) is 0 Å². The number of carboxylic acid groups (broad SMARTS) is 1. The van der Waals surface area contributed by atoms with E-state index in [2.05, 4.69) is 9.97 Å². The van der Waals surface area contributed by atoms with Crippen molar-refractivity contribution in [3.8, 4) is 0 Å². The highest BCUT2D eigenvalue weighted by Crippen LogP contribution is 2.20. The smallest absolute Gasteiger partial charge is 0.336 e. The van der Waals surface area contributed by atoms with E-state index in [9.17, 15) is 13.2 Å². The van der Waals surface area contributed by atoms with Crippen LogP contribution in [-0.4, -0.2) is 29.5 Å². The second kappa shape index (κ2) is 6.01. The van der Waals surface area contributed by atoms with E-state index in [1.807, 2.05) is 6.92 Å². The number of aryl methyl sites for hydroxylation is 1. The molecule has 1 aromatic heterocycles. The molecule has 2 rings (SSSR count). The maximum atomic E-state index is 12.3. The van der Waals surface area contributed by atoms with Crippen LogP contribution in [-0.2, 0) is 22.0 Å². The minimum absolute atomic E-state index is 0.00700. The van der Waals surface area contributed by atoms with Crippen LogP contribution in [0.25, 0.3) is 0 Å². The van der Waals surface area contributed by atoms with Crippen LogP contribution >= 0.6 is 0 Å². The lowest BCUT2D eigenvalue weighted by molar-refractivity contribution is 0.0695. The fourth-order valence-electron chi connectivity index (χ4n) is 1.91. The Balaban J connectivity index is 2.41. The molecule has 2 aromatic rings. The maximum Gasteiger partial charge on any atom is 0.336 e. The Morgan fingerprint density at radius 2 is 1.90 bits per heavy atom. The number of hydrogen-bond acceptors (Lipinski definition) is 5. The van der Waals surface area contributed by atoms with Crippen LogP contribution in [0.1, 0.15) is 28.7 Å². The van der Waals surface area contributed by atoms with Crippen molar-refractivity contribution >= 4 is 15.8 Å². The molecule has 1 heterocycles. The van der Waals surface area contributed by atoms with Gasteiger partial charge in [-0.05, 0) is 30.2 Å². The van der Waals surface area contributed by atoms with E-state index in [1.165, 1.54) is 30.6 Å². The Morgan fingerprint density at radius 3 is 2.48 bits per heavy atom. The minimum atomic E-state index is -3.68. The molecule has 0 fully saturated rings. The molecule has 1 aromatic carbocycles. The second-order valence-corrected chi connectivity index (χ2v) is 6.39. The van der Waals surface area contributed by atoms with E-state index < -0.39 is 15.8 Å². The molecule has 0 unspecified atom stereocenters. The van der Waals surface area contributed by atoms with Crippen LogP contribution in [0.5, 0.6) is 0 Å². The molecule has 0 aliphatic carbocycles. The quantitative estimate of drug-likeness (QED) is 0.903. The number of nitrogens with zero attached hydrogens (tertiary/aromatic N) is 2. The van der Waals surface area contributed by atoms with E-state index in [1.54, 1.807) is 6.07 Å². The van der Waals surface area contributed by atoms with Gasteiger partial charge in [0, 0.05) is 12.4 Å². The summed E-state index contributed by atoms with van der Waals surface area (Å²) in [6.07, 6.45) is 3.44. The van der Waals surface area contributed by atoms with Crippen molar-refractivity contribution in [2.24, 2.45) is 0 Å². The molecule has 7 heteroatoms. The number of hydrogen-bond donors (Lipinski definition) is 1. The fraction of sp³-hybridized carbons (Fsp3) is 0.214. The maximum absolute atomic E-state index is 12.3. The Morgan fingerprint density at radius 1 is 1.24 bits per heavy atom. The molecule has 6 nitrogen and oxygen atoms in total. The van der Waals surface area contributed by atoms with Gasteiger partial charge in [-0.2, -0.15) is 0 Å². The first-order chi connectivity index (χ1) is 9.94. The number of rotatable bonds is 5. The molecule has 1 N–H and O–H groups in total. The van der Waals surface area contributed by atoms with Crippen molar-refractivity contribution in [2.75, 3.05) is 0 Å². The summed E-state index contributed by atoms with van der Waals surface area (Å²) in [6, 6.07) is 5.74. The first kappa shape index (κ1) is 15.1. The SMILES string of the molecule is CCc1ccc(S(=O)(=O)Cc2ncccn2)cc1C(=O)O. The summed E-state index contributed by atoms with van der Waals surface area (Å²) in [5.74, 6) is -1.33. The number of aromatic nitrogens is 2. The minimum Gasteiger partial charge on any atom is -0.478 e. The van der Waals surface area contributed by atoms with Crippen molar-refractivity contribution in [1.29, 1.82) is 0 Å². The van der Waals surface area contributed by atoms with Gasteiger partial charge < -0.3 is 5.11 Å². The van der Waals surface area contributed by atoms with Gasteiger partial charge >= 0.3 is 5.97 Å². The topological polar surface area (TPSA) is 97.2 Å². The predicted octanol–water partition coefficient (Wildman–Crippen LogP) is 1.71. The average Bonchev–Trinajstić information content (AvgIpc) is 2.47. The molecule has 0 saturated heterocycles. The molecule has 0 aliphatic heterocycles. The highest BCUT2D eigenvalue weighted by atomic mass is 32.2. The zero-order chi connectivity index (χ0) is 15.5. The first-order valence-electron chi connectivity index (χ1n) is 6.29. The predicted molar refractivity (Wildman–Crippen MR) is 75.7 cm³/mol. The summed E-state index contributed by atoms with van der Waals surface area (Å²) in [7, 11) is -3.68. The average molecular weight is 306 g/mol. The van der Waals surface area contributed by atoms with Gasteiger partial charge in [-0.1, -0.05) is 13.0 Å². The van der Waals surface area contributed by atoms with Gasteiger partial charge in [0.1, 0.15) is 11.6 Å². The summed E-state index contributed by atoms with van der Waals surface area (Å²) in [5, 5.41) is 9.16. The van der Waals surface area contributed by atoms with Crippen LogP contribution in [0.3, 0.4) is 0 Å². The number of carboxylic acids is 1. The van der Waals surface area contributed by atoms with E-state index in [0.717, 1.165) is 0 Å². The number of sulfone groups is 1. The van der Waals surface area contributed by atoms with Crippen LogP contribution in [0.15, 0.2) is 41.6 Å². The van der Waals surface area contributed by atoms with Gasteiger partial charge in [0.25, 0.3) is 0 Å². The standard InChI is InChI=1S/C14H14N2O4S/c1-2-10-4-5-11(8-12(10)14(17)18)21(19,20)9-13-15-6-3-7-16-13/h3-8H,2,9H2,1H3,(H,17,18). The largest absolute Gasteiger partial charge is 0.478 e. The third kappa shape index (κ3) is 3.43. The Labute approximate surface area is 122 Å². The number of benzene rings is 1. The van der Waals surface area contributed by atoms with Crippen LogP contribution in [0.4, 0.5) is 0 Å². The van der Waals surface area contributed by atoms with Gasteiger partial charge in [-0.15, -0.1) is 0 Å². The van der Waals surface area contributed by atoms with Crippen molar-refractivity contribution in [3.63, 3.8) is 0 Å². The van der Waals surface area contributed by atoms with Crippen molar-refractivity contribution in [2.45, 2.75) is 24.0 Å². The first-order valence-corrected chi connectivity index (χ1v) is 7.94. The van der Waals surface area contributed by atoms with Crippen molar-refractivity contribution in [1.82, 2.24) is 9.97 Å². The van der Waals surface area contributed by atoms with Crippen LogP contribution < -0.4 is 0 Å². The highest BCUT2D eigenvalue weighted by Gasteiger charge is 2.20. The lowest BCUT2D eigenvalue weighted by atomic mass is 10.1. The molecule has 0 bridgehead atoms. The zero-order valence-electron chi connectivity index (χ0n) is 11.4. The molecular formula is C14H14N2O4S. The third-order valence-electron chi connectivity index (χ3n) is 2.99. The lowest BCUT2D eigenvalue weighted by Gasteiger charge is -2.08. The third-order valence-corrected chi connectivity index (χ3v) is 4.60. The molecule has 0 aliphatic rings. The summed E-state index contributed by atoms with van der Waals surface area (Å²) in [5.41, 5.74) is 0.602. The zero-order valence-corrected chi connectivity index (χ0v) is 12.2. The van der Waals surface area contributed by atoms with Gasteiger partial charge in [0.05, 0.1) is 10.5 Å². The van der Waals surface area contributed by atoms with E-state index in [4.69, 9.17) is 5.11 Å². The summed E-state index contributed by atoms with van der Waals surface area (Å²) >= 11 is 0. The van der Waals surface area contributed by atoms with E-state index >= 15 is 0 Å². The van der Waals surface area contributed by atoms with Crippen molar-refractivity contribution < 1.29 is 18.3 Å². The summed E-state index contributed by atoms with van der Waals surface area (Å²) < 4.78 is 24.6. The summed E-state index contributed by atoms with van der Waals surface area (Å²) in [6.45, 7) is 1.81. The Kier molecular flexibility index (Phi) is 4.32. The molecular weight excluding hydrogens is 292 g/mol. The fourth-order valence-corrected chi connectivity index (χ4v) is 3.14.